The number of nitrogens with zero attached hydrogens (tertiary/aromatic N) is 3. The van der Waals surface area contributed by atoms with Crippen LogP contribution in [0, 0.1) is 5.92 Å². The lowest BCUT2D eigenvalue weighted by Crippen LogP contribution is -2.43. The monoisotopic (exact) mass is 407 g/mol. The molecule has 0 aliphatic carbocycles. The summed E-state index contributed by atoms with van der Waals surface area (Å²) in [5.74, 6) is 0.242. The lowest BCUT2D eigenvalue weighted by Gasteiger charge is -2.34. The minimum atomic E-state index is -0.155. The first-order valence-corrected chi connectivity index (χ1v) is 11.0. The molecule has 150 valence electrons. The summed E-state index contributed by atoms with van der Waals surface area (Å²) in [7, 11) is 0. The first kappa shape index (κ1) is 19.6. The molecule has 29 heavy (non-hydrogen) atoms. The number of piperidine rings is 1. The van der Waals surface area contributed by atoms with Crippen molar-refractivity contribution in [1.29, 1.82) is 0 Å². The van der Waals surface area contributed by atoms with Crippen molar-refractivity contribution < 1.29 is 4.79 Å². The van der Waals surface area contributed by atoms with Gasteiger partial charge in [0.1, 0.15) is 5.69 Å². The maximum atomic E-state index is 13.0. The van der Waals surface area contributed by atoms with Gasteiger partial charge < -0.3 is 4.90 Å². The molecule has 1 saturated heterocycles. The number of thiophene rings is 1. The number of likely N-dealkylation sites (tertiary alicyclic amines) is 1. The van der Waals surface area contributed by atoms with Crippen LogP contribution < -0.4 is 5.56 Å². The standard InChI is InChI=1S/C23H25N3O2S/c1-17(19-8-3-2-4-9-19)23(28)25-13-5-7-18(15-25)16-26-22(27)12-11-20(24-26)21-10-6-14-29-21/h2-4,6,8-12,14,17-18H,5,7,13,15-16H2,1H3/t17-,18+/m1/s1. The van der Waals surface area contributed by atoms with Gasteiger partial charge in [-0.2, -0.15) is 5.10 Å². The number of hydrogen-bond donors (Lipinski definition) is 0. The van der Waals surface area contributed by atoms with E-state index < -0.39 is 0 Å². The molecule has 1 fully saturated rings. The molecule has 0 radical (unpaired) electrons. The van der Waals surface area contributed by atoms with Crippen LogP contribution >= 0.6 is 11.3 Å². The minimum Gasteiger partial charge on any atom is -0.342 e. The molecule has 1 amide bonds. The maximum Gasteiger partial charge on any atom is 0.266 e. The van der Waals surface area contributed by atoms with Crippen molar-refractivity contribution in [3.05, 3.63) is 75.9 Å². The molecule has 0 N–H and O–H groups in total. The predicted octanol–water partition coefficient (Wildman–Crippen LogP) is 4.01. The van der Waals surface area contributed by atoms with Crippen molar-refractivity contribution >= 4 is 17.2 Å². The van der Waals surface area contributed by atoms with Crippen molar-refractivity contribution in [1.82, 2.24) is 14.7 Å². The summed E-state index contributed by atoms with van der Waals surface area (Å²) in [6.45, 7) is 3.97. The molecule has 0 unspecified atom stereocenters. The molecule has 6 heteroatoms. The van der Waals surface area contributed by atoms with E-state index in [0.717, 1.165) is 35.5 Å². The Balaban J connectivity index is 1.46. The number of hydrogen-bond acceptors (Lipinski definition) is 4. The minimum absolute atomic E-state index is 0.0913. The highest BCUT2D eigenvalue weighted by Crippen LogP contribution is 2.24. The Morgan fingerprint density at radius 1 is 1.17 bits per heavy atom. The molecule has 1 aliphatic rings. The van der Waals surface area contributed by atoms with Gasteiger partial charge in [0.05, 0.1) is 10.8 Å². The van der Waals surface area contributed by atoms with E-state index in [1.165, 1.54) is 0 Å². The summed E-state index contributed by atoms with van der Waals surface area (Å²) in [6.07, 6.45) is 1.96. The summed E-state index contributed by atoms with van der Waals surface area (Å²) in [4.78, 5) is 28.4. The van der Waals surface area contributed by atoms with E-state index in [4.69, 9.17) is 0 Å². The third kappa shape index (κ3) is 4.48. The zero-order chi connectivity index (χ0) is 20.2. The van der Waals surface area contributed by atoms with Crippen molar-refractivity contribution in [3.63, 3.8) is 0 Å². The number of amides is 1. The molecular weight excluding hydrogens is 382 g/mol. The SMILES string of the molecule is C[C@@H](C(=O)N1CCC[C@H](Cn2nc(-c3cccs3)ccc2=O)C1)c1ccccc1. The molecule has 0 spiro atoms. The van der Waals surface area contributed by atoms with Crippen molar-refractivity contribution in [2.45, 2.75) is 32.2 Å². The van der Waals surface area contributed by atoms with Gasteiger partial charge in [0.2, 0.25) is 5.91 Å². The third-order valence-corrected chi connectivity index (χ3v) is 6.46. The number of carbonyl (C=O) groups is 1. The molecule has 3 aromatic rings. The molecule has 0 saturated carbocycles. The summed E-state index contributed by atoms with van der Waals surface area (Å²) >= 11 is 1.61. The summed E-state index contributed by atoms with van der Waals surface area (Å²) in [5.41, 5.74) is 1.77. The van der Waals surface area contributed by atoms with Gasteiger partial charge in [-0.1, -0.05) is 36.4 Å². The highest BCUT2D eigenvalue weighted by molar-refractivity contribution is 7.13. The molecule has 5 nitrogen and oxygen atoms in total. The lowest BCUT2D eigenvalue weighted by atomic mass is 9.94. The highest BCUT2D eigenvalue weighted by atomic mass is 32.1. The Morgan fingerprint density at radius 2 is 2.00 bits per heavy atom. The molecule has 3 heterocycles. The molecule has 4 rings (SSSR count). The van der Waals surface area contributed by atoms with Crippen LogP contribution in [-0.2, 0) is 11.3 Å². The largest absolute Gasteiger partial charge is 0.342 e. The Labute approximate surface area is 174 Å². The molecule has 0 bridgehead atoms. The topological polar surface area (TPSA) is 55.2 Å². The van der Waals surface area contributed by atoms with Crippen LogP contribution in [0.1, 0.15) is 31.2 Å². The fourth-order valence-electron chi connectivity index (χ4n) is 3.95. The number of carbonyl (C=O) groups excluding carboxylic acids is 1. The second-order valence-corrected chi connectivity index (χ2v) is 8.59. The van der Waals surface area contributed by atoms with E-state index in [1.807, 2.05) is 59.7 Å². The fraction of sp³-hybridized carbons (Fsp3) is 0.348. The molecule has 1 aliphatic heterocycles. The van der Waals surface area contributed by atoms with Gasteiger partial charge >= 0.3 is 0 Å². The van der Waals surface area contributed by atoms with E-state index in [9.17, 15) is 9.59 Å². The number of benzene rings is 1. The quantitative estimate of drug-likeness (QED) is 0.642. The van der Waals surface area contributed by atoms with Crippen LogP contribution in [-0.4, -0.2) is 33.7 Å². The van der Waals surface area contributed by atoms with Crippen molar-refractivity contribution in [2.75, 3.05) is 13.1 Å². The fourth-order valence-corrected chi connectivity index (χ4v) is 4.64. The van der Waals surface area contributed by atoms with E-state index in [-0.39, 0.29) is 23.3 Å². The maximum absolute atomic E-state index is 13.0. The van der Waals surface area contributed by atoms with Crippen LogP contribution in [0.3, 0.4) is 0 Å². The van der Waals surface area contributed by atoms with Crippen molar-refractivity contribution in [3.8, 4) is 10.6 Å². The molecule has 1 aromatic carbocycles. The molecular formula is C23H25N3O2S. The van der Waals surface area contributed by atoms with Gasteiger partial charge in [0.15, 0.2) is 0 Å². The summed E-state index contributed by atoms with van der Waals surface area (Å²) in [5, 5.41) is 6.58. The average molecular weight is 408 g/mol. The normalized spacial score (nSPS) is 17.8. The van der Waals surface area contributed by atoms with E-state index >= 15 is 0 Å². The predicted molar refractivity (Wildman–Crippen MR) is 116 cm³/mol. The Bertz CT molecular complexity index is 1010. The van der Waals surface area contributed by atoms with E-state index in [1.54, 1.807) is 28.2 Å². The smallest absolute Gasteiger partial charge is 0.266 e. The zero-order valence-electron chi connectivity index (χ0n) is 16.5. The van der Waals surface area contributed by atoms with Gasteiger partial charge in [-0.15, -0.1) is 11.3 Å². The Kier molecular flexibility index (Phi) is 5.90. The van der Waals surface area contributed by atoms with Crippen LogP contribution in [0.15, 0.2) is 64.8 Å². The van der Waals surface area contributed by atoms with Gasteiger partial charge in [-0.05, 0) is 48.8 Å². The average Bonchev–Trinajstić information content (AvgIpc) is 3.30. The third-order valence-electron chi connectivity index (χ3n) is 5.57. The summed E-state index contributed by atoms with van der Waals surface area (Å²) < 4.78 is 1.56. The second kappa shape index (κ2) is 8.74. The Hall–Kier alpha value is -2.73. The first-order chi connectivity index (χ1) is 14.1. The number of aromatic nitrogens is 2. The van der Waals surface area contributed by atoms with Gasteiger partial charge in [0.25, 0.3) is 5.56 Å². The summed E-state index contributed by atoms with van der Waals surface area (Å²) in [6, 6.07) is 17.3. The van der Waals surface area contributed by atoms with Crippen LogP contribution in [0.4, 0.5) is 0 Å². The lowest BCUT2D eigenvalue weighted by molar-refractivity contribution is -0.134. The van der Waals surface area contributed by atoms with Crippen molar-refractivity contribution in [2.24, 2.45) is 5.92 Å². The Morgan fingerprint density at radius 3 is 2.76 bits per heavy atom. The molecule has 2 aromatic heterocycles. The van der Waals surface area contributed by atoms with Gasteiger partial charge in [0, 0.05) is 25.7 Å². The first-order valence-electron chi connectivity index (χ1n) is 10.1. The van der Waals surface area contributed by atoms with Crippen LogP contribution in [0.25, 0.3) is 10.6 Å². The zero-order valence-corrected chi connectivity index (χ0v) is 17.3. The van der Waals surface area contributed by atoms with Gasteiger partial charge in [-0.3, -0.25) is 9.59 Å². The van der Waals surface area contributed by atoms with Gasteiger partial charge in [-0.25, -0.2) is 4.68 Å². The number of rotatable bonds is 5. The molecule has 2 atom stereocenters. The second-order valence-electron chi connectivity index (χ2n) is 7.64. The van der Waals surface area contributed by atoms with E-state index in [0.29, 0.717) is 13.1 Å². The van der Waals surface area contributed by atoms with Crippen LogP contribution in [0.2, 0.25) is 0 Å². The van der Waals surface area contributed by atoms with Crippen LogP contribution in [0.5, 0.6) is 0 Å². The highest BCUT2D eigenvalue weighted by Gasteiger charge is 2.28. The van der Waals surface area contributed by atoms with E-state index in [2.05, 4.69) is 5.10 Å².